The molecule has 1 atom stereocenters. The highest BCUT2D eigenvalue weighted by Gasteiger charge is 2.30. The lowest BCUT2D eigenvalue weighted by molar-refractivity contribution is 0.116. The van der Waals surface area contributed by atoms with Gasteiger partial charge in [-0.25, -0.2) is 19.2 Å². The SMILES string of the molecule is CC[C@@H]1CN(c2ncnc3[nH]c(-c4ccc(F)cc4)cc23)CCN1C(=O)O. The molecule has 8 heteroatoms. The van der Waals surface area contributed by atoms with Crippen molar-refractivity contribution in [2.24, 2.45) is 0 Å². The maximum Gasteiger partial charge on any atom is 0.407 e. The van der Waals surface area contributed by atoms with Crippen molar-refractivity contribution in [2.45, 2.75) is 19.4 Å². The van der Waals surface area contributed by atoms with E-state index in [1.807, 2.05) is 13.0 Å². The number of hydrogen-bond acceptors (Lipinski definition) is 4. The van der Waals surface area contributed by atoms with Gasteiger partial charge >= 0.3 is 6.09 Å². The number of halogens is 1. The van der Waals surface area contributed by atoms with Gasteiger partial charge in [-0.2, -0.15) is 0 Å². The van der Waals surface area contributed by atoms with Gasteiger partial charge in [0.25, 0.3) is 0 Å². The Balaban J connectivity index is 1.68. The van der Waals surface area contributed by atoms with Gasteiger partial charge < -0.3 is 19.9 Å². The zero-order valence-corrected chi connectivity index (χ0v) is 14.9. The normalized spacial score (nSPS) is 17.5. The zero-order chi connectivity index (χ0) is 19.0. The fraction of sp³-hybridized carbons (Fsp3) is 0.316. The van der Waals surface area contributed by atoms with Crippen LogP contribution in [0, 0.1) is 5.82 Å². The van der Waals surface area contributed by atoms with Crippen molar-refractivity contribution in [3.8, 4) is 11.3 Å². The molecule has 1 aliphatic rings. The topological polar surface area (TPSA) is 85.4 Å². The zero-order valence-electron chi connectivity index (χ0n) is 14.9. The number of piperazine rings is 1. The fourth-order valence-electron chi connectivity index (χ4n) is 3.61. The highest BCUT2D eigenvalue weighted by Crippen LogP contribution is 2.30. The summed E-state index contributed by atoms with van der Waals surface area (Å²) >= 11 is 0. The lowest BCUT2D eigenvalue weighted by Gasteiger charge is -2.40. The van der Waals surface area contributed by atoms with Crippen LogP contribution in [0.3, 0.4) is 0 Å². The van der Waals surface area contributed by atoms with Gasteiger partial charge in [-0.15, -0.1) is 0 Å². The van der Waals surface area contributed by atoms with E-state index in [0.717, 1.165) is 28.9 Å². The molecule has 1 aromatic carbocycles. The summed E-state index contributed by atoms with van der Waals surface area (Å²) in [5.41, 5.74) is 2.40. The Hall–Kier alpha value is -3.16. The van der Waals surface area contributed by atoms with E-state index in [0.29, 0.717) is 25.3 Å². The Bertz CT molecular complexity index is 972. The van der Waals surface area contributed by atoms with Crippen LogP contribution < -0.4 is 4.90 Å². The van der Waals surface area contributed by atoms with Crippen LogP contribution >= 0.6 is 0 Å². The molecule has 1 fully saturated rings. The Labute approximate surface area is 155 Å². The molecular formula is C19H20FN5O2. The van der Waals surface area contributed by atoms with E-state index in [1.54, 1.807) is 12.1 Å². The first kappa shape index (κ1) is 17.3. The van der Waals surface area contributed by atoms with Crippen molar-refractivity contribution in [1.29, 1.82) is 0 Å². The van der Waals surface area contributed by atoms with Gasteiger partial charge in [0.1, 0.15) is 23.6 Å². The van der Waals surface area contributed by atoms with Crippen molar-refractivity contribution in [3.05, 3.63) is 42.5 Å². The predicted octanol–water partition coefficient (Wildman–Crippen LogP) is 3.34. The smallest absolute Gasteiger partial charge is 0.407 e. The number of rotatable bonds is 3. The third-order valence-electron chi connectivity index (χ3n) is 5.06. The van der Waals surface area contributed by atoms with E-state index in [4.69, 9.17) is 0 Å². The van der Waals surface area contributed by atoms with Gasteiger partial charge in [-0.3, -0.25) is 0 Å². The number of aromatic amines is 1. The maximum atomic E-state index is 13.2. The number of amides is 1. The molecule has 0 spiro atoms. The Morgan fingerprint density at radius 3 is 2.78 bits per heavy atom. The largest absolute Gasteiger partial charge is 0.465 e. The third-order valence-corrected chi connectivity index (χ3v) is 5.06. The molecular weight excluding hydrogens is 349 g/mol. The minimum atomic E-state index is -0.880. The summed E-state index contributed by atoms with van der Waals surface area (Å²) in [5.74, 6) is 0.505. The van der Waals surface area contributed by atoms with Crippen LogP contribution in [-0.4, -0.2) is 56.7 Å². The average Bonchev–Trinajstić information content (AvgIpc) is 3.12. The van der Waals surface area contributed by atoms with E-state index >= 15 is 0 Å². The van der Waals surface area contributed by atoms with Crippen molar-refractivity contribution in [1.82, 2.24) is 19.9 Å². The number of nitrogens with one attached hydrogen (secondary N) is 1. The maximum absolute atomic E-state index is 13.2. The molecule has 27 heavy (non-hydrogen) atoms. The number of aromatic nitrogens is 3. The summed E-state index contributed by atoms with van der Waals surface area (Å²) in [7, 11) is 0. The van der Waals surface area contributed by atoms with E-state index in [-0.39, 0.29) is 11.9 Å². The second-order valence-corrected chi connectivity index (χ2v) is 6.63. The Kier molecular flexibility index (Phi) is 4.39. The summed E-state index contributed by atoms with van der Waals surface area (Å²) in [6.45, 7) is 3.59. The highest BCUT2D eigenvalue weighted by molar-refractivity contribution is 5.92. The van der Waals surface area contributed by atoms with Gasteiger partial charge in [0, 0.05) is 25.3 Å². The quantitative estimate of drug-likeness (QED) is 0.740. The Morgan fingerprint density at radius 1 is 1.30 bits per heavy atom. The Morgan fingerprint density at radius 2 is 2.07 bits per heavy atom. The number of carboxylic acid groups (broad SMARTS) is 1. The van der Waals surface area contributed by atoms with E-state index in [1.165, 1.54) is 23.4 Å². The van der Waals surface area contributed by atoms with Gasteiger partial charge in [-0.1, -0.05) is 6.92 Å². The van der Waals surface area contributed by atoms with Crippen LogP contribution in [0.25, 0.3) is 22.3 Å². The molecule has 2 N–H and O–H groups in total. The minimum Gasteiger partial charge on any atom is -0.465 e. The van der Waals surface area contributed by atoms with Gasteiger partial charge in [-0.05, 0) is 42.3 Å². The van der Waals surface area contributed by atoms with Crippen LogP contribution in [-0.2, 0) is 0 Å². The van der Waals surface area contributed by atoms with Crippen LogP contribution in [0.5, 0.6) is 0 Å². The van der Waals surface area contributed by atoms with Crippen molar-refractivity contribution >= 4 is 22.9 Å². The molecule has 2 aromatic heterocycles. The number of fused-ring (bicyclic) bond motifs is 1. The number of H-pyrrole nitrogens is 1. The highest BCUT2D eigenvalue weighted by atomic mass is 19.1. The minimum absolute atomic E-state index is 0.0724. The second kappa shape index (κ2) is 6.86. The molecule has 0 bridgehead atoms. The number of carbonyl (C=O) groups is 1. The third kappa shape index (κ3) is 3.18. The van der Waals surface area contributed by atoms with Crippen LogP contribution in [0.15, 0.2) is 36.7 Å². The molecule has 0 saturated carbocycles. The number of hydrogen-bond donors (Lipinski definition) is 2. The first-order valence-electron chi connectivity index (χ1n) is 8.91. The summed E-state index contributed by atoms with van der Waals surface area (Å²) in [4.78, 5) is 27.0. The molecule has 4 rings (SSSR count). The molecule has 3 heterocycles. The fourth-order valence-corrected chi connectivity index (χ4v) is 3.61. The molecule has 1 amide bonds. The average molecular weight is 369 g/mol. The van der Waals surface area contributed by atoms with Crippen molar-refractivity contribution < 1.29 is 14.3 Å². The number of anilines is 1. The standard InChI is InChI=1S/C19H20FN5O2/c1-2-14-10-24(7-8-25(14)19(26)27)18-15-9-16(23-17(15)21-11-22-18)12-3-5-13(20)6-4-12/h3-6,9,11,14H,2,7-8,10H2,1H3,(H,26,27)(H,21,22,23)/t14-/m1/s1. The van der Waals surface area contributed by atoms with Crippen LogP contribution in [0.4, 0.5) is 15.0 Å². The number of nitrogens with zero attached hydrogens (tertiary/aromatic N) is 4. The predicted molar refractivity (Wildman–Crippen MR) is 100 cm³/mol. The van der Waals surface area contributed by atoms with Gasteiger partial charge in [0.15, 0.2) is 0 Å². The molecule has 1 aliphatic heterocycles. The lowest BCUT2D eigenvalue weighted by Crippen LogP contribution is -2.55. The molecule has 3 aromatic rings. The van der Waals surface area contributed by atoms with Crippen LogP contribution in [0.1, 0.15) is 13.3 Å². The van der Waals surface area contributed by atoms with E-state index < -0.39 is 6.09 Å². The summed E-state index contributed by atoms with van der Waals surface area (Å²) < 4.78 is 13.2. The van der Waals surface area contributed by atoms with Crippen molar-refractivity contribution in [3.63, 3.8) is 0 Å². The summed E-state index contributed by atoms with van der Waals surface area (Å²) in [6, 6.07) is 8.16. The summed E-state index contributed by atoms with van der Waals surface area (Å²) in [5, 5.41) is 10.2. The molecule has 140 valence electrons. The monoisotopic (exact) mass is 369 g/mol. The second-order valence-electron chi connectivity index (χ2n) is 6.63. The molecule has 1 saturated heterocycles. The molecule has 0 unspecified atom stereocenters. The first-order chi connectivity index (χ1) is 13.1. The molecule has 0 radical (unpaired) electrons. The van der Waals surface area contributed by atoms with E-state index in [2.05, 4.69) is 19.9 Å². The number of benzene rings is 1. The lowest BCUT2D eigenvalue weighted by atomic mass is 10.1. The van der Waals surface area contributed by atoms with E-state index in [9.17, 15) is 14.3 Å². The molecule has 7 nitrogen and oxygen atoms in total. The van der Waals surface area contributed by atoms with Gasteiger partial charge in [0.05, 0.1) is 11.4 Å². The molecule has 0 aliphatic carbocycles. The summed E-state index contributed by atoms with van der Waals surface area (Å²) in [6.07, 6.45) is 1.37. The van der Waals surface area contributed by atoms with Gasteiger partial charge in [0.2, 0.25) is 0 Å². The van der Waals surface area contributed by atoms with Crippen LogP contribution in [0.2, 0.25) is 0 Å². The first-order valence-corrected chi connectivity index (χ1v) is 8.91. The van der Waals surface area contributed by atoms with Crippen molar-refractivity contribution in [2.75, 3.05) is 24.5 Å².